The molecule has 86 valence electrons. The minimum atomic E-state index is 0.989. The summed E-state index contributed by atoms with van der Waals surface area (Å²) in [7, 11) is 0. The minimum Gasteiger partial charge on any atom is -0.317 e. The maximum atomic E-state index is 3.51. The highest BCUT2D eigenvalue weighted by atomic mass is 15.2. The SMILES string of the molecule is C1CNCCCN(C(C2CC2)C2CC2)C1. The van der Waals surface area contributed by atoms with Crippen molar-refractivity contribution >= 4 is 0 Å². The Morgan fingerprint density at radius 2 is 1.40 bits per heavy atom. The van der Waals surface area contributed by atoms with Crippen LogP contribution in [0.4, 0.5) is 0 Å². The Bertz CT molecular complexity index is 189. The molecule has 0 aromatic heterocycles. The van der Waals surface area contributed by atoms with E-state index in [1.54, 1.807) is 0 Å². The average molecular weight is 208 g/mol. The molecule has 3 aliphatic rings. The fourth-order valence-electron chi connectivity index (χ4n) is 3.21. The predicted octanol–water partition coefficient (Wildman–Crippen LogP) is 1.86. The highest BCUT2D eigenvalue weighted by molar-refractivity contribution is 4.97. The van der Waals surface area contributed by atoms with E-state index in [9.17, 15) is 0 Å². The van der Waals surface area contributed by atoms with Crippen molar-refractivity contribution in [3.05, 3.63) is 0 Å². The largest absolute Gasteiger partial charge is 0.317 e. The summed E-state index contributed by atoms with van der Waals surface area (Å²) >= 11 is 0. The lowest BCUT2D eigenvalue weighted by atomic mass is 10.0. The van der Waals surface area contributed by atoms with Crippen LogP contribution in [-0.2, 0) is 0 Å². The molecule has 2 heteroatoms. The topological polar surface area (TPSA) is 15.3 Å². The Balaban J connectivity index is 1.60. The summed E-state index contributed by atoms with van der Waals surface area (Å²) in [5.41, 5.74) is 0. The van der Waals surface area contributed by atoms with Gasteiger partial charge < -0.3 is 5.32 Å². The first-order chi connectivity index (χ1) is 7.45. The quantitative estimate of drug-likeness (QED) is 0.761. The lowest BCUT2D eigenvalue weighted by Gasteiger charge is -2.33. The molecule has 1 heterocycles. The van der Waals surface area contributed by atoms with Crippen LogP contribution < -0.4 is 5.32 Å². The van der Waals surface area contributed by atoms with Gasteiger partial charge in [-0.1, -0.05) is 0 Å². The van der Waals surface area contributed by atoms with Crippen molar-refractivity contribution in [1.29, 1.82) is 0 Å². The zero-order valence-electron chi connectivity index (χ0n) is 9.75. The summed E-state index contributed by atoms with van der Waals surface area (Å²) in [5, 5.41) is 3.51. The fraction of sp³-hybridized carbons (Fsp3) is 1.00. The van der Waals surface area contributed by atoms with Crippen molar-refractivity contribution in [2.75, 3.05) is 26.2 Å². The second-order valence-corrected chi connectivity index (χ2v) is 5.66. The third-order valence-electron chi connectivity index (χ3n) is 4.23. The van der Waals surface area contributed by atoms with E-state index < -0.39 is 0 Å². The van der Waals surface area contributed by atoms with Crippen molar-refractivity contribution in [3.8, 4) is 0 Å². The van der Waals surface area contributed by atoms with Gasteiger partial charge in [0.25, 0.3) is 0 Å². The molecule has 2 saturated carbocycles. The molecule has 0 aromatic carbocycles. The van der Waals surface area contributed by atoms with Crippen LogP contribution >= 0.6 is 0 Å². The first kappa shape index (κ1) is 10.1. The Kier molecular flexibility index (Phi) is 2.98. The van der Waals surface area contributed by atoms with Crippen LogP contribution in [0.1, 0.15) is 38.5 Å². The van der Waals surface area contributed by atoms with Crippen LogP contribution in [0.15, 0.2) is 0 Å². The summed E-state index contributed by atoms with van der Waals surface area (Å²) in [6.45, 7) is 5.17. The van der Waals surface area contributed by atoms with Crippen LogP contribution in [0.25, 0.3) is 0 Å². The third-order valence-corrected chi connectivity index (χ3v) is 4.23. The number of nitrogens with zero attached hydrogens (tertiary/aromatic N) is 1. The van der Waals surface area contributed by atoms with E-state index in [-0.39, 0.29) is 0 Å². The Morgan fingerprint density at radius 1 is 0.867 bits per heavy atom. The molecule has 3 rings (SSSR count). The standard InChI is InChI=1S/C13H24N2/c1-7-14-8-2-10-15(9-1)13(11-3-4-11)12-5-6-12/h11-14H,1-10H2. The van der Waals surface area contributed by atoms with Crippen molar-refractivity contribution in [3.63, 3.8) is 0 Å². The van der Waals surface area contributed by atoms with Gasteiger partial charge in [-0.15, -0.1) is 0 Å². The van der Waals surface area contributed by atoms with Gasteiger partial charge in [0, 0.05) is 6.04 Å². The minimum absolute atomic E-state index is 0.989. The second kappa shape index (κ2) is 4.42. The molecule has 2 aliphatic carbocycles. The molecule has 2 nitrogen and oxygen atoms in total. The van der Waals surface area contributed by atoms with Crippen LogP contribution in [0, 0.1) is 11.8 Å². The van der Waals surface area contributed by atoms with E-state index in [0.717, 1.165) is 17.9 Å². The number of rotatable bonds is 3. The highest BCUT2D eigenvalue weighted by Gasteiger charge is 2.44. The normalized spacial score (nSPS) is 30.2. The van der Waals surface area contributed by atoms with E-state index in [1.165, 1.54) is 64.7 Å². The lowest BCUT2D eigenvalue weighted by molar-refractivity contribution is 0.146. The van der Waals surface area contributed by atoms with E-state index >= 15 is 0 Å². The predicted molar refractivity (Wildman–Crippen MR) is 62.9 cm³/mol. The molecule has 3 fully saturated rings. The molecule has 1 aliphatic heterocycles. The van der Waals surface area contributed by atoms with Gasteiger partial charge in [-0.3, -0.25) is 4.90 Å². The van der Waals surface area contributed by atoms with Crippen molar-refractivity contribution in [2.24, 2.45) is 11.8 Å². The van der Waals surface area contributed by atoms with Gasteiger partial charge in [0.2, 0.25) is 0 Å². The molecule has 0 unspecified atom stereocenters. The second-order valence-electron chi connectivity index (χ2n) is 5.66. The summed E-state index contributed by atoms with van der Waals surface area (Å²) in [4.78, 5) is 2.84. The molecule has 15 heavy (non-hydrogen) atoms. The van der Waals surface area contributed by atoms with E-state index in [1.807, 2.05) is 0 Å². The number of hydrogen-bond donors (Lipinski definition) is 1. The molecule has 1 saturated heterocycles. The molecular weight excluding hydrogens is 184 g/mol. The fourth-order valence-corrected chi connectivity index (χ4v) is 3.21. The molecule has 0 atom stereocenters. The summed E-state index contributed by atoms with van der Waals surface area (Å²) in [6, 6.07) is 0.989. The van der Waals surface area contributed by atoms with Gasteiger partial charge in [-0.25, -0.2) is 0 Å². The van der Waals surface area contributed by atoms with Gasteiger partial charge in [0.1, 0.15) is 0 Å². The van der Waals surface area contributed by atoms with Crippen LogP contribution in [0.3, 0.4) is 0 Å². The van der Waals surface area contributed by atoms with Gasteiger partial charge in [0.05, 0.1) is 0 Å². The lowest BCUT2D eigenvalue weighted by Crippen LogP contribution is -2.43. The Hall–Kier alpha value is -0.0800. The molecule has 0 aromatic rings. The van der Waals surface area contributed by atoms with Gasteiger partial charge >= 0.3 is 0 Å². The Labute approximate surface area is 93.4 Å². The average Bonchev–Trinajstić information content (AvgIpc) is 3.02. The summed E-state index contributed by atoms with van der Waals surface area (Å²) in [5.74, 6) is 2.18. The molecule has 0 spiro atoms. The molecule has 0 bridgehead atoms. The first-order valence-corrected chi connectivity index (χ1v) is 6.90. The van der Waals surface area contributed by atoms with Gasteiger partial charge in [-0.2, -0.15) is 0 Å². The van der Waals surface area contributed by atoms with Crippen LogP contribution in [0.5, 0.6) is 0 Å². The first-order valence-electron chi connectivity index (χ1n) is 6.90. The maximum Gasteiger partial charge on any atom is 0.0152 e. The van der Waals surface area contributed by atoms with Crippen molar-refractivity contribution < 1.29 is 0 Å². The van der Waals surface area contributed by atoms with Crippen molar-refractivity contribution in [2.45, 2.75) is 44.6 Å². The smallest absolute Gasteiger partial charge is 0.0152 e. The summed E-state index contributed by atoms with van der Waals surface area (Å²) < 4.78 is 0. The van der Waals surface area contributed by atoms with E-state index in [4.69, 9.17) is 0 Å². The molecule has 1 N–H and O–H groups in total. The van der Waals surface area contributed by atoms with E-state index in [0.29, 0.717) is 0 Å². The van der Waals surface area contributed by atoms with Gasteiger partial charge in [0.15, 0.2) is 0 Å². The molecule has 0 amide bonds. The third kappa shape index (κ3) is 2.54. The zero-order valence-corrected chi connectivity index (χ0v) is 9.75. The molecule has 0 radical (unpaired) electrons. The maximum absolute atomic E-state index is 3.51. The van der Waals surface area contributed by atoms with Crippen LogP contribution in [-0.4, -0.2) is 37.1 Å². The van der Waals surface area contributed by atoms with Crippen molar-refractivity contribution in [1.82, 2.24) is 10.2 Å². The number of hydrogen-bond acceptors (Lipinski definition) is 2. The number of nitrogens with one attached hydrogen (secondary N) is 1. The van der Waals surface area contributed by atoms with Crippen LogP contribution in [0.2, 0.25) is 0 Å². The van der Waals surface area contributed by atoms with E-state index in [2.05, 4.69) is 10.2 Å². The zero-order chi connectivity index (χ0) is 10.1. The molecular formula is C13H24N2. The van der Waals surface area contributed by atoms with Gasteiger partial charge in [-0.05, 0) is 76.5 Å². The highest BCUT2D eigenvalue weighted by Crippen LogP contribution is 2.47. The Morgan fingerprint density at radius 3 is 1.87 bits per heavy atom. The monoisotopic (exact) mass is 208 g/mol. The summed E-state index contributed by atoms with van der Waals surface area (Å²) in [6.07, 6.45) is 8.81.